The van der Waals surface area contributed by atoms with Gasteiger partial charge in [-0.25, -0.2) is 0 Å². The van der Waals surface area contributed by atoms with E-state index in [9.17, 15) is 4.79 Å². The molecule has 1 aromatic rings. The topological polar surface area (TPSA) is 23.6 Å². The second-order valence-corrected chi connectivity index (χ2v) is 3.67. The molecule has 3 nitrogen and oxygen atoms in total. The number of carbonyl (C=O) groups excluding carboxylic acids is 1. The molecule has 0 fully saturated rings. The minimum atomic E-state index is 0.0124. The number of fused-ring (bicyclic) bond motifs is 1. The van der Waals surface area contributed by atoms with E-state index in [1.165, 1.54) is 0 Å². The van der Waals surface area contributed by atoms with Crippen LogP contribution in [0.4, 0.5) is 5.69 Å². The van der Waals surface area contributed by atoms with Gasteiger partial charge in [-0.15, -0.1) is 6.58 Å². The van der Waals surface area contributed by atoms with E-state index >= 15 is 0 Å². The Morgan fingerprint density at radius 1 is 1.31 bits per heavy atom. The molecule has 0 N–H and O–H groups in total. The van der Waals surface area contributed by atoms with E-state index in [0.717, 1.165) is 11.3 Å². The van der Waals surface area contributed by atoms with Gasteiger partial charge >= 0.3 is 0 Å². The van der Waals surface area contributed by atoms with Crippen LogP contribution in [0.25, 0.3) is 0 Å². The number of hydrogen-bond acceptors (Lipinski definition) is 2. The van der Waals surface area contributed by atoms with Crippen LogP contribution in [-0.2, 0) is 0 Å². The number of rotatable bonds is 2. The predicted octanol–water partition coefficient (Wildman–Crippen LogP) is 2.24. The molecule has 0 aromatic heterocycles. The van der Waals surface area contributed by atoms with Crippen LogP contribution < -0.4 is 4.90 Å². The van der Waals surface area contributed by atoms with Crippen molar-refractivity contribution in [3.8, 4) is 0 Å². The first-order valence-electron chi connectivity index (χ1n) is 5.16. The van der Waals surface area contributed by atoms with Crippen molar-refractivity contribution in [3.63, 3.8) is 0 Å². The highest BCUT2D eigenvalue weighted by Crippen LogP contribution is 2.24. The van der Waals surface area contributed by atoms with Gasteiger partial charge in [0.15, 0.2) is 0 Å². The summed E-state index contributed by atoms with van der Waals surface area (Å²) in [6.45, 7) is 4.41. The smallest absolute Gasteiger partial charge is 0.259 e. The van der Waals surface area contributed by atoms with Crippen molar-refractivity contribution in [1.82, 2.24) is 4.90 Å². The average molecular weight is 214 g/mol. The summed E-state index contributed by atoms with van der Waals surface area (Å²) >= 11 is 0. The maximum Gasteiger partial charge on any atom is 0.259 e. The summed E-state index contributed by atoms with van der Waals surface area (Å²) in [4.78, 5) is 15.6. The Balaban J connectivity index is 2.52. The van der Waals surface area contributed by atoms with Crippen molar-refractivity contribution >= 4 is 11.6 Å². The lowest BCUT2D eigenvalue weighted by molar-refractivity contribution is 0.0852. The SMILES string of the molecule is C=CCN1C=CN(C)C(=O)c2ccccc21. The first-order chi connectivity index (χ1) is 7.74. The Kier molecular flexibility index (Phi) is 2.77. The molecular weight excluding hydrogens is 200 g/mol. The summed E-state index contributed by atoms with van der Waals surface area (Å²) in [5.41, 5.74) is 1.64. The van der Waals surface area contributed by atoms with Crippen LogP contribution in [0.3, 0.4) is 0 Å². The molecule has 0 radical (unpaired) electrons. The molecule has 1 aromatic carbocycles. The van der Waals surface area contributed by atoms with Crippen molar-refractivity contribution in [2.75, 3.05) is 18.5 Å². The number of amides is 1. The van der Waals surface area contributed by atoms with Crippen LogP contribution in [0, 0.1) is 0 Å². The van der Waals surface area contributed by atoms with Crippen LogP contribution in [0.5, 0.6) is 0 Å². The van der Waals surface area contributed by atoms with E-state index in [1.807, 2.05) is 41.4 Å². The fourth-order valence-corrected chi connectivity index (χ4v) is 1.72. The number of benzene rings is 1. The Hall–Kier alpha value is -2.03. The second-order valence-electron chi connectivity index (χ2n) is 3.67. The van der Waals surface area contributed by atoms with Gasteiger partial charge < -0.3 is 9.80 Å². The molecule has 0 atom stereocenters. The largest absolute Gasteiger partial charge is 0.342 e. The fraction of sp³-hybridized carbons (Fsp3) is 0.154. The maximum absolute atomic E-state index is 12.0. The van der Waals surface area contributed by atoms with Crippen LogP contribution in [0.1, 0.15) is 10.4 Å². The molecule has 0 unspecified atom stereocenters. The summed E-state index contributed by atoms with van der Waals surface area (Å²) in [6, 6.07) is 7.60. The molecule has 1 aliphatic rings. The maximum atomic E-state index is 12.0. The zero-order chi connectivity index (χ0) is 11.5. The molecule has 0 aliphatic carbocycles. The molecule has 2 rings (SSSR count). The summed E-state index contributed by atoms with van der Waals surface area (Å²) in [7, 11) is 1.76. The summed E-state index contributed by atoms with van der Waals surface area (Å²) in [6.07, 6.45) is 5.48. The van der Waals surface area contributed by atoms with Gasteiger partial charge in [0.05, 0.1) is 11.3 Å². The minimum Gasteiger partial charge on any atom is -0.342 e. The van der Waals surface area contributed by atoms with E-state index in [2.05, 4.69) is 6.58 Å². The van der Waals surface area contributed by atoms with Gasteiger partial charge in [-0.05, 0) is 12.1 Å². The van der Waals surface area contributed by atoms with E-state index < -0.39 is 0 Å². The van der Waals surface area contributed by atoms with Crippen molar-refractivity contribution < 1.29 is 4.79 Å². The van der Waals surface area contributed by atoms with Crippen molar-refractivity contribution in [2.24, 2.45) is 0 Å². The van der Waals surface area contributed by atoms with Crippen LogP contribution in [0.15, 0.2) is 49.3 Å². The standard InChI is InChI=1S/C13H14N2O/c1-3-8-15-10-9-14(2)13(16)11-6-4-5-7-12(11)15/h3-7,9-10H,1,8H2,2H3. The summed E-state index contributed by atoms with van der Waals surface area (Å²) < 4.78 is 0. The lowest BCUT2D eigenvalue weighted by Crippen LogP contribution is -2.20. The normalized spacial score (nSPS) is 14.7. The first-order valence-corrected chi connectivity index (χ1v) is 5.16. The van der Waals surface area contributed by atoms with E-state index in [-0.39, 0.29) is 5.91 Å². The number of nitrogens with zero attached hydrogens (tertiary/aromatic N) is 2. The second kappa shape index (κ2) is 4.23. The van der Waals surface area contributed by atoms with Gasteiger partial charge in [0.1, 0.15) is 0 Å². The number of carbonyl (C=O) groups is 1. The van der Waals surface area contributed by atoms with Crippen molar-refractivity contribution in [1.29, 1.82) is 0 Å². The Morgan fingerprint density at radius 2 is 2.06 bits per heavy atom. The zero-order valence-corrected chi connectivity index (χ0v) is 9.26. The molecule has 16 heavy (non-hydrogen) atoms. The van der Waals surface area contributed by atoms with Gasteiger partial charge in [-0.2, -0.15) is 0 Å². The molecule has 0 bridgehead atoms. The Morgan fingerprint density at radius 3 is 2.81 bits per heavy atom. The highest BCUT2D eigenvalue weighted by molar-refractivity contribution is 6.01. The number of para-hydroxylation sites is 1. The lowest BCUT2D eigenvalue weighted by Gasteiger charge is -2.18. The van der Waals surface area contributed by atoms with Gasteiger partial charge in [0.2, 0.25) is 0 Å². The number of hydrogen-bond donors (Lipinski definition) is 0. The average Bonchev–Trinajstić information content (AvgIpc) is 2.43. The number of anilines is 1. The van der Waals surface area contributed by atoms with E-state index in [0.29, 0.717) is 6.54 Å². The van der Waals surface area contributed by atoms with Gasteiger partial charge in [0.25, 0.3) is 5.91 Å². The minimum absolute atomic E-state index is 0.0124. The highest BCUT2D eigenvalue weighted by atomic mass is 16.2. The molecule has 1 heterocycles. The molecule has 1 aliphatic heterocycles. The molecule has 1 amide bonds. The van der Waals surface area contributed by atoms with Gasteiger partial charge in [-0.3, -0.25) is 4.79 Å². The van der Waals surface area contributed by atoms with Crippen molar-refractivity contribution in [3.05, 3.63) is 54.9 Å². The zero-order valence-electron chi connectivity index (χ0n) is 9.26. The van der Waals surface area contributed by atoms with Crippen LogP contribution in [-0.4, -0.2) is 24.4 Å². The third-order valence-electron chi connectivity index (χ3n) is 2.56. The third-order valence-corrected chi connectivity index (χ3v) is 2.56. The molecule has 82 valence electrons. The summed E-state index contributed by atoms with van der Waals surface area (Å²) in [5.74, 6) is 0.0124. The fourth-order valence-electron chi connectivity index (χ4n) is 1.72. The Bertz CT molecular complexity index is 451. The van der Waals surface area contributed by atoms with Gasteiger partial charge in [-0.1, -0.05) is 18.2 Å². The predicted molar refractivity (Wildman–Crippen MR) is 65.2 cm³/mol. The van der Waals surface area contributed by atoms with E-state index in [1.54, 1.807) is 18.1 Å². The molecule has 3 heteroatoms. The van der Waals surface area contributed by atoms with Crippen LogP contribution in [0.2, 0.25) is 0 Å². The molecule has 0 spiro atoms. The van der Waals surface area contributed by atoms with Crippen molar-refractivity contribution in [2.45, 2.75) is 0 Å². The molecular formula is C13H14N2O. The molecule has 0 saturated carbocycles. The Labute approximate surface area is 95.3 Å². The third kappa shape index (κ3) is 1.72. The van der Waals surface area contributed by atoms with Crippen LogP contribution >= 0.6 is 0 Å². The lowest BCUT2D eigenvalue weighted by atomic mass is 10.1. The molecule has 0 saturated heterocycles. The first kappa shape index (κ1) is 10.5. The monoisotopic (exact) mass is 214 g/mol. The quantitative estimate of drug-likeness (QED) is 0.705. The van der Waals surface area contributed by atoms with E-state index in [4.69, 9.17) is 0 Å². The highest BCUT2D eigenvalue weighted by Gasteiger charge is 2.19. The van der Waals surface area contributed by atoms with Gasteiger partial charge in [0, 0.05) is 26.0 Å². The summed E-state index contributed by atoms with van der Waals surface area (Å²) in [5, 5.41) is 0.